The highest BCUT2D eigenvalue weighted by atomic mass is 16.5. The molecule has 1 fully saturated rings. The van der Waals surface area contributed by atoms with Gasteiger partial charge in [0, 0.05) is 25.1 Å². The van der Waals surface area contributed by atoms with Gasteiger partial charge in [0.1, 0.15) is 11.5 Å². The van der Waals surface area contributed by atoms with Crippen molar-refractivity contribution in [3.8, 4) is 22.9 Å². The highest BCUT2D eigenvalue weighted by molar-refractivity contribution is 5.79. The summed E-state index contributed by atoms with van der Waals surface area (Å²) >= 11 is 0. The molecule has 7 nitrogen and oxygen atoms in total. The predicted octanol–water partition coefficient (Wildman–Crippen LogP) is 4.44. The van der Waals surface area contributed by atoms with Crippen LogP contribution in [0.4, 0.5) is 0 Å². The Morgan fingerprint density at radius 2 is 1.94 bits per heavy atom. The Labute approximate surface area is 182 Å². The number of rotatable bonds is 9. The number of hydrogen-bond acceptors (Lipinski definition) is 6. The van der Waals surface area contributed by atoms with Crippen LogP contribution in [0.25, 0.3) is 11.4 Å². The molecule has 0 radical (unpaired) electrons. The topological polar surface area (TPSA) is 77.7 Å². The summed E-state index contributed by atoms with van der Waals surface area (Å²) in [5.41, 5.74) is 1.89. The van der Waals surface area contributed by atoms with Crippen LogP contribution in [0, 0.1) is 0 Å². The van der Waals surface area contributed by atoms with E-state index in [4.69, 9.17) is 14.0 Å². The van der Waals surface area contributed by atoms with Crippen molar-refractivity contribution in [2.45, 2.75) is 39.2 Å². The van der Waals surface area contributed by atoms with Crippen molar-refractivity contribution in [1.29, 1.82) is 0 Å². The smallest absolute Gasteiger partial charge is 0.232 e. The van der Waals surface area contributed by atoms with Gasteiger partial charge in [-0.2, -0.15) is 4.98 Å². The van der Waals surface area contributed by atoms with Crippen LogP contribution in [0.2, 0.25) is 0 Å². The van der Waals surface area contributed by atoms with E-state index < -0.39 is 0 Å². The standard InChI is InChI=1S/C24H27N3O4/c1-3-12-30-20-10-8-18(9-11-20)23-25-24(31-26-23)19-14-22(28)27(16-19)15-17-6-5-7-21(13-17)29-4-2/h5-11,13,19H,3-4,12,14-16H2,1-2H3. The summed E-state index contributed by atoms with van der Waals surface area (Å²) in [7, 11) is 0. The number of likely N-dealkylation sites (tertiary alicyclic amines) is 1. The minimum Gasteiger partial charge on any atom is -0.494 e. The lowest BCUT2D eigenvalue weighted by Gasteiger charge is -2.16. The third-order valence-corrected chi connectivity index (χ3v) is 5.17. The minimum atomic E-state index is -0.101. The molecule has 1 aromatic heterocycles. The first-order chi connectivity index (χ1) is 15.2. The molecule has 0 bridgehead atoms. The maximum Gasteiger partial charge on any atom is 0.232 e. The summed E-state index contributed by atoms with van der Waals surface area (Å²) in [5, 5.41) is 4.12. The molecular weight excluding hydrogens is 394 g/mol. The molecule has 1 atom stereocenters. The van der Waals surface area contributed by atoms with E-state index in [0.29, 0.717) is 44.4 Å². The van der Waals surface area contributed by atoms with Crippen molar-refractivity contribution in [2.75, 3.05) is 19.8 Å². The molecule has 0 saturated carbocycles. The van der Waals surface area contributed by atoms with E-state index in [1.807, 2.05) is 60.4 Å². The van der Waals surface area contributed by atoms with Gasteiger partial charge in [0.05, 0.1) is 19.1 Å². The van der Waals surface area contributed by atoms with Gasteiger partial charge in [0.15, 0.2) is 0 Å². The Morgan fingerprint density at radius 3 is 2.71 bits per heavy atom. The largest absolute Gasteiger partial charge is 0.494 e. The van der Waals surface area contributed by atoms with Crippen LogP contribution in [0.3, 0.4) is 0 Å². The van der Waals surface area contributed by atoms with Gasteiger partial charge in [-0.15, -0.1) is 0 Å². The zero-order valence-corrected chi connectivity index (χ0v) is 17.9. The second-order valence-corrected chi connectivity index (χ2v) is 7.58. The average Bonchev–Trinajstić information content (AvgIpc) is 3.41. The first kappa shape index (κ1) is 20.9. The Balaban J connectivity index is 1.40. The van der Waals surface area contributed by atoms with Crippen molar-refractivity contribution in [3.63, 3.8) is 0 Å². The van der Waals surface area contributed by atoms with E-state index in [-0.39, 0.29) is 11.8 Å². The van der Waals surface area contributed by atoms with Crippen LogP contribution in [-0.4, -0.2) is 40.7 Å². The number of amides is 1. The Bertz CT molecular complexity index is 1020. The minimum absolute atomic E-state index is 0.0870. The lowest BCUT2D eigenvalue weighted by Crippen LogP contribution is -2.24. The highest BCUT2D eigenvalue weighted by Gasteiger charge is 2.34. The number of carbonyl (C=O) groups is 1. The highest BCUT2D eigenvalue weighted by Crippen LogP contribution is 2.30. The molecular formula is C24H27N3O4. The van der Waals surface area contributed by atoms with Crippen molar-refractivity contribution in [3.05, 3.63) is 60.0 Å². The van der Waals surface area contributed by atoms with Crippen LogP contribution in [0.15, 0.2) is 53.1 Å². The van der Waals surface area contributed by atoms with E-state index in [1.54, 1.807) is 0 Å². The number of ether oxygens (including phenoxy) is 2. The summed E-state index contributed by atoms with van der Waals surface area (Å²) in [6.45, 7) is 6.42. The summed E-state index contributed by atoms with van der Waals surface area (Å²) in [6, 6.07) is 15.5. The summed E-state index contributed by atoms with van der Waals surface area (Å²) in [6.07, 6.45) is 1.33. The van der Waals surface area contributed by atoms with Crippen LogP contribution < -0.4 is 9.47 Å². The molecule has 31 heavy (non-hydrogen) atoms. The Kier molecular flexibility index (Phi) is 6.50. The van der Waals surface area contributed by atoms with Gasteiger partial charge in [-0.3, -0.25) is 4.79 Å². The molecule has 3 aromatic rings. The number of nitrogens with zero attached hydrogens (tertiary/aromatic N) is 3. The van der Waals surface area contributed by atoms with Gasteiger partial charge in [-0.1, -0.05) is 24.2 Å². The van der Waals surface area contributed by atoms with Gasteiger partial charge in [-0.25, -0.2) is 0 Å². The average molecular weight is 421 g/mol. The van der Waals surface area contributed by atoms with Gasteiger partial charge in [0.2, 0.25) is 17.6 Å². The van der Waals surface area contributed by atoms with Crippen LogP contribution >= 0.6 is 0 Å². The van der Waals surface area contributed by atoms with Gasteiger partial charge in [0.25, 0.3) is 0 Å². The lowest BCUT2D eigenvalue weighted by molar-refractivity contribution is -0.128. The Hall–Kier alpha value is -3.35. The molecule has 7 heteroatoms. The molecule has 4 rings (SSSR count). The fraction of sp³-hybridized carbons (Fsp3) is 0.375. The normalized spacial score (nSPS) is 16.0. The van der Waals surface area contributed by atoms with Gasteiger partial charge < -0.3 is 18.9 Å². The summed E-state index contributed by atoms with van der Waals surface area (Å²) in [4.78, 5) is 18.9. The van der Waals surface area contributed by atoms with Crippen molar-refractivity contribution in [2.24, 2.45) is 0 Å². The van der Waals surface area contributed by atoms with Crippen molar-refractivity contribution < 1.29 is 18.8 Å². The van der Waals surface area contributed by atoms with Crippen molar-refractivity contribution >= 4 is 5.91 Å². The first-order valence-electron chi connectivity index (χ1n) is 10.7. The van der Waals surface area contributed by atoms with Gasteiger partial charge >= 0.3 is 0 Å². The number of benzene rings is 2. The van der Waals surface area contributed by atoms with Gasteiger partial charge in [-0.05, 0) is 55.3 Å². The van der Waals surface area contributed by atoms with E-state index in [2.05, 4.69) is 17.1 Å². The third kappa shape index (κ3) is 5.05. The molecule has 0 aliphatic carbocycles. The molecule has 2 aromatic carbocycles. The second-order valence-electron chi connectivity index (χ2n) is 7.58. The summed E-state index contributed by atoms with van der Waals surface area (Å²) in [5.74, 6) is 2.64. The molecule has 0 N–H and O–H groups in total. The fourth-order valence-electron chi connectivity index (χ4n) is 3.65. The zero-order valence-electron chi connectivity index (χ0n) is 17.9. The molecule has 1 amide bonds. The lowest BCUT2D eigenvalue weighted by atomic mass is 10.1. The second kappa shape index (κ2) is 9.64. The SMILES string of the molecule is CCCOc1ccc(-c2noc(C3CC(=O)N(Cc4cccc(OCC)c4)C3)n2)cc1. The molecule has 1 unspecified atom stereocenters. The molecule has 162 valence electrons. The van der Waals surface area contributed by atoms with E-state index in [0.717, 1.165) is 29.0 Å². The Morgan fingerprint density at radius 1 is 1.10 bits per heavy atom. The number of carbonyl (C=O) groups excluding carboxylic acids is 1. The molecule has 1 aliphatic heterocycles. The molecule has 0 spiro atoms. The maximum absolute atomic E-state index is 12.6. The maximum atomic E-state index is 12.6. The van der Waals surface area contributed by atoms with Crippen LogP contribution in [0.5, 0.6) is 11.5 Å². The van der Waals surface area contributed by atoms with Crippen LogP contribution in [0.1, 0.15) is 44.1 Å². The molecule has 2 heterocycles. The van der Waals surface area contributed by atoms with E-state index in [9.17, 15) is 4.79 Å². The predicted molar refractivity (Wildman–Crippen MR) is 116 cm³/mol. The molecule has 1 aliphatic rings. The zero-order chi connectivity index (χ0) is 21.6. The van der Waals surface area contributed by atoms with E-state index >= 15 is 0 Å². The fourth-order valence-corrected chi connectivity index (χ4v) is 3.65. The quantitative estimate of drug-likeness (QED) is 0.508. The number of hydrogen-bond donors (Lipinski definition) is 0. The van der Waals surface area contributed by atoms with Crippen molar-refractivity contribution in [1.82, 2.24) is 15.0 Å². The van der Waals surface area contributed by atoms with E-state index in [1.165, 1.54) is 0 Å². The first-order valence-corrected chi connectivity index (χ1v) is 10.7. The summed E-state index contributed by atoms with van der Waals surface area (Å²) < 4.78 is 16.7. The monoisotopic (exact) mass is 421 g/mol. The molecule has 1 saturated heterocycles. The number of aromatic nitrogens is 2. The third-order valence-electron chi connectivity index (χ3n) is 5.17. The van der Waals surface area contributed by atoms with Crippen LogP contribution in [-0.2, 0) is 11.3 Å².